The lowest BCUT2D eigenvalue weighted by Gasteiger charge is -2.50. The molecule has 0 bridgehead atoms. The molecule has 0 unspecified atom stereocenters. The first-order valence-electron chi connectivity index (χ1n) is 9.32. The molecule has 114 valence electrons. The number of benzene rings is 1. The first-order chi connectivity index (χ1) is 11.1. The van der Waals surface area contributed by atoms with Gasteiger partial charge in [-0.1, -0.05) is 6.92 Å². The van der Waals surface area contributed by atoms with Gasteiger partial charge in [-0.3, -0.25) is 0 Å². The fraction of sp³-hybridized carbons (Fsp3) is 0.667. The standard InChI is InChI=1S/C18H23BrO2/c1-18-7-6-11-12(14(18)4-5-17(18)21)3-2-10-8-16(20)15(19)9-13(10)11/h8-9,11-12,14,17,20-21H,2-7H2,1H3/t11-,12+,14-,17-,18-/m0/s1/i5D2,17D. The summed E-state index contributed by atoms with van der Waals surface area (Å²) < 4.78 is 25.5. The summed E-state index contributed by atoms with van der Waals surface area (Å²) in [7, 11) is 0. The van der Waals surface area contributed by atoms with Crippen LogP contribution >= 0.6 is 15.9 Å². The van der Waals surface area contributed by atoms with E-state index >= 15 is 0 Å². The largest absolute Gasteiger partial charge is 0.507 e. The molecule has 5 atom stereocenters. The summed E-state index contributed by atoms with van der Waals surface area (Å²) in [6.45, 7) is 1.91. The van der Waals surface area contributed by atoms with E-state index in [-0.39, 0.29) is 18.1 Å². The molecule has 3 heteroatoms. The Kier molecular flexibility index (Phi) is 2.49. The van der Waals surface area contributed by atoms with Gasteiger partial charge in [0, 0.05) is 2.74 Å². The van der Waals surface area contributed by atoms with Crippen molar-refractivity contribution in [2.45, 2.75) is 57.4 Å². The zero-order chi connectivity index (χ0) is 17.5. The molecule has 0 saturated heterocycles. The number of aromatic hydroxyl groups is 1. The first kappa shape index (κ1) is 11.1. The molecule has 4 rings (SSSR count). The quantitative estimate of drug-likeness (QED) is 0.726. The third-order valence-electron chi connectivity index (χ3n) is 6.21. The maximum Gasteiger partial charge on any atom is 0.130 e. The SMILES string of the molecule is [2H]C1([2H])C[C@H]2[C@@H]3CCc4cc(O)c(Br)cc4[C@H]3CC[C@]2(C)[C@@]1([2H])O. The second-order valence-corrected chi connectivity index (χ2v) is 7.96. The lowest BCUT2D eigenvalue weighted by atomic mass is 9.55. The van der Waals surface area contributed by atoms with E-state index in [1.807, 2.05) is 19.1 Å². The van der Waals surface area contributed by atoms with Crippen LogP contribution in [0.25, 0.3) is 0 Å². The van der Waals surface area contributed by atoms with Crippen LogP contribution in [0.1, 0.15) is 60.1 Å². The summed E-state index contributed by atoms with van der Waals surface area (Å²) in [5.41, 5.74) is 1.74. The maximum atomic E-state index is 10.7. The molecule has 21 heavy (non-hydrogen) atoms. The molecule has 3 aliphatic carbocycles. The lowest BCUT2D eigenvalue weighted by molar-refractivity contribution is -0.0226. The predicted octanol–water partition coefficient (Wildman–Crippen LogP) is 4.37. The van der Waals surface area contributed by atoms with Crippen molar-refractivity contribution in [2.75, 3.05) is 0 Å². The highest BCUT2D eigenvalue weighted by atomic mass is 79.9. The zero-order valence-corrected chi connectivity index (χ0v) is 13.8. The number of hydrogen-bond donors (Lipinski definition) is 2. The molecule has 2 nitrogen and oxygen atoms in total. The van der Waals surface area contributed by atoms with Crippen molar-refractivity contribution in [3.05, 3.63) is 27.7 Å². The van der Waals surface area contributed by atoms with Crippen molar-refractivity contribution in [3.63, 3.8) is 0 Å². The van der Waals surface area contributed by atoms with Crippen molar-refractivity contribution in [2.24, 2.45) is 17.3 Å². The molecule has 2 N–H and O–H groups in total. The summed E-state index contributed by atoms with van der Waals surface area (Å²) in [5, 5.41) is 20.6. The minimum absolute atomic E-state index is 0.0227. The fourth-order valence-corrected chi connectivity index (χ4v) is 5.34. The van der Waals surface area contributed by atoms with E-state index in [0.717, 1.165) is 19.3 Å². The Bertz CT molecular complexity index is 706. The predicted molar refractivity (Wildman–Crippen MR) is 86.4 cm³/mol. The molecule has 1 aromatic rings. The number of aryl methyl sites for hydroxylation is 1. The van der Waals surface area contributed by atoms with Crippen molar-refractivity contribution < 1.29 is 14.3 Å². The van der Waals surface area contributed by atoms with Crippen LogP contribution in [0.2, 0.25) is 0 Å². The van der Waals surface area contributed by atoms with Crippen LogP contribution in [0, 0.1) is 17.3 Å². The summed E-state index contributed by atoms with van der Waals surface area (Å²) >= 11 is 3.41. The van der Waals surface area contributed by atoms with Crippen LogP contribution in [-0.2, 0) is 6.42 Å². The number of aliphatic hydroxyl groups is 1. The van der Waals surface area contributed by atoms with Crippen LogP contribution in [-0.4, -0.2) is 16.3 Å². The first-order valence-corrected chi connectivity index (χ1v) is 8.61. The summed E-state index contributed by atoms with van der Waals surface area (Å²) in [6, 6.07) is 3.86. The Hall–Kier alpha value is -0.540. The van der Waals surface area contributed by atoms with Gasteiger partial charge in [-0.2, -0.15) is 0 Å². The molecule has 0 amide bonds. The monoisotopic (exact) mass is 353 g/mol. The third-order valence-corrected chi connectivity index (χ3v) is 6.85. The Labute approximate surface area is 138 Å². The Morgan fingerprint density at radius 3 is 3.00 bits per heavy atom. The van der Waals surface area contributed by atoms with Gasteiger partial charge < -0.3 is 10.2 Å². The van der Waals surface area contributed by atoms with Crippen molar-refractivity contribution in [1.82, 2.24) is 0 Å². The van der Waals surface area contributed by atoms with Crippen molar-refractivity contribution in [3.8, 4) is 5.75 Å². The van der Waals surface area contributed by atoms with Crippen molar-refractivity contribution in [1.29, 1.82) is 0 Å². The molecule has 0 spiro atoms. The van der Waals surface area contributed by atoms with Gasteiger partial charge in [0.1, 0.15) is 5.75 Å². The van der Waals surface area contributed by atoms with Gasteiger partial charge in [-0.05, 0) is 101 Å². The number of phenolic OH excluding ortho intramolecular Hbond substituents is 1. The Morgan fingerprint density at radius 2 is 2.19 bits per heavy atom. The number of hydrogen-bond acceptors (Lipinski definition) is 2. The third kappa shape index (κ3) is 1.93. The summed E-state index contributed by atoms with van der Waals surface area (Å²) in [5.74, 6) is 0.913. The van der Waals surface area contributed by atoms with Crippen LogP contribution < -0.4 is 0 Å². The highest BCUT2D eigenvalue weighted by Gasteiger charge is 2.54. The molecular weight excluding hydrogens is 328 g/mol. The average molecular weight is 354 g/mol. The zero-order valence-electron chi connectivity index (χ0n) is 15.2. The van der Waals surface area contributed by atoms with E-state index in [0.29, 0.717) is 22.7 Å². The number of fused-ring (bicyclic) bond motifs is 5. The fourth-order valence-electron chi connectivity index (χ4n) is 4.98. The van der Waals surface area contributed by atoms with E-state index in [9.17, 15) is 10.2 Å². The van der Waals surface area contributed by atoms with Crippen LogP contribution in [0.5, 0.6) is 5.75 Å². The van der Waals surface area contributed by atoms with Gasteiger partial charge in [0.25, 0.3) is 0 Å². The molecule has 0 aliphatic heterocycles. The molecule has 0 aromatic heterocycles. The van der Waals surface area contributed by atoms with E-state index in [1.54, 1.807) is 0 Å². The smallest absolute Gasteiger partial charge is 0.130 e. The summed E-state index contributed by atoms with van der Waals surface area (Å²) in [6.07, 6.45) is -0.300. The van der Waals surface area contributed by atoms with E-state index in [4.69, 9.17) is 4.11 Å². The van der Waals surface area contributed by atoms with Crippen molar-refractivity contribution >= 4 is 15.9 Å². The molecule has 2 fully saturated rings. The van der Waals surface area contributed by atoms with Gasteiger partial charge >= 0.3 is 0 Å². The Morgan fingerprint density at radius 1 is 1.38 bits per heavy atom. The molecule has 1 aromatic carbocycles. The maximum absolute atomic E-state index is 10.7. The average Bonchev–Trinajstić information content (AvgIpc) is 2.64. The minimum atomic E-state index is -2.02. The van der Waals surface area contributed by atoms with Gasteiger partial charge in [0.2, 0.25) is 0 Å². The van der Waals surface area contributed by atoms with E-state index in [1.165, 1.54) is 11.1 Å². The molecule has 0 heterocycles. The number of phenols is 1. The van der Waals surface area contributed by atoms with Gasteiger partial charge in [-0.15, -0.1) is 0 Å². The van der Waals surface area contributed by atoms with Crippen LogP contribution in [0.3, 0.4) is 0 Å². The normalized spacial score (nSPS) is 49.3. The lowest BCUT2D eigenvalue weighted by Crippen LogP contribution is -2.43. The topological polar surface area (TPSA) is 40.5 Å². The number of halogens is 1. The highest BCUT2D eigenvalue weighted by Crippen LogP contribution is 2.61. The van der Waals surface area contributed by atoms with Gasteiger partial charge in [-0.25, -0.2) is 0 Å². The van der Waals surface area contributed by atoms with E-state index in [2.05, 4.69) is 15.9 Å². The molecule has 3 aliphatic rings. The second kappa shape index (κ2) is 4.73. The summed E-state index contributed by atoms with van der Waals surface area (Å²) in [4.78, 5) is 0. The minimum Gasteiger partial charge on any atom is -0.507 e. The van der Waals surface area contributed by atoms with E-state index < -0.39 is 17.9 Å². The van der Waals surface area contributed by atoms with Crippen LogP contribution in [0.4, 0.5) is 0 Å². The molecular formula is C18H23BrO2. The molecule has 2 saturated carbocycles. The number of rotatable bonds is 0. The van der Waals surface area contributed by atoms with Crippen LogP contribution in [0.15, 0.2) is 16.6 Å². The van der Waals surface area contributed by atoms with Gasteiger partial charge in [0.15, 0.2) is 0 Å². The molecule has 0 radical (unpaired) electrons. The second-order valence-electron chi connectivity index (χ2n) is 7.10. The Balaban J connectivity index is 1.76. The van der Waals surface area contributed by atoms with Gasteiger partial charge in [0.05, 0.1) is 11.9 Å². The highest BCUT2D eigenvalue weighted by molar-refractivity contribution is 9.10.